The molecule has 1 saturated heterocycles. The molecule has 1 saturated carbocycles. The van der Waals surface area contributed by atoms with E-state index < -0.39 is 0 Å². The zero-order valence-corrected chi connectivity index (χ0v) is 20.9. The van der Waals surface area contributed by atoms with E-state index in [0.29, 0.717) is 11.6 Å². The van der Waals surface area contributed by atoms with Crippen molar-refractivity contribution in [1.29, 1.82) is 0 Å². The average Bonchev–Trinajstić information content (AvgIpc) is 3.32. The molecule has 0 spiro atoms. The monoisotopic (exact) mass is 491 g/mol. The number of nitrogens with one attached hydrogen (secondary N) is 2. The fourth-order valence-corrected chi connectivity index (χ4v) is 5.27. The second-order valence-corrected chi connectivity index (χ2v) is 10.5. The van der Waals surface area contributed by atoms with E-state index in [4.69, 9.17) is 4.52 Å². The van der Waals surface area contributed by atoms with Crippen molar-refractivity contribution in [2.75, 3.05) is 36.4 Å². The fourth-order valence-electron chi connectivity index (χ4n) is 5.27. The van der Waals surface area contributed by atoms with Crippen molar-refractivity contribution in [3.05, 3.63) is 77.9 Å². The molecule has 0 unspecified atom stereocenters. The minimum atomic E-state index is -0.328. The number of amides is 2. The largest absolute Gasteiger partial charge is 0.369 e. The summed E-state index contributed by atoms with van der Waals surface area (Å²) in [6.45, 7) is 9.13. The highest BCUT2D eigenvalue weighted by molar-refractivity contribution is 5.89. The van der Waals surface area contributed by atoms with Crippen LogP contribution in [0.2, 0.25) is 0 Å². The predicted octanol–water partition coefficient (Wildman–Crippen LogP) is 4.91. The molecule has 8 heteroatoms. The van der Waals surface area contributed by atoms with Crippen molar-refractivity contribution in [3.8, 4) is 0 Å². The van der Waals surface area contributed by atoms with Crippen molar-refractivity contribution in [1.82, 2.24) is 15.4 Å². The number of benzene rings is 2. The van der Waals surface area contributed by atoms with Gasteiger partial charge in [-0.3, -0.25) is 4.90 Å². The first-order valence-electron chi connectivity index (χ1n) is 12.7. The molecule has 1 aliphatic carbocycles. The lowest BCUT2D eigenvalue weighted by Crippen LogP contribution is -2.59. The van der Waals surface area contributed by atoms with Gasteiger partial charge in [-0.05, 0) is 60.6 Å². The van der Waals surface area contributed by atoms with Crippen molar-refractivity contribution < 1.29 is 13.7 Å². The maximum atomic E-state index is 13.1. The van der Waals surface area contributed by atoms with Crippen LogP contribution in [0.3, 0.4) is 0 Å². The average molecular weight is 492 g/mol. The van der Waals surface area contributed by atoms with Gasteiger partial charge in [0.25, 0.3) is 0 Å². The Balaban J connectivity index is 1.07. The lowest BCUT2D eigenvalue weighted by molar-refractivity contribution is 0.0211. The molecule has 2 N–H and O–H groups in total. The molecule has 2 amide bonds. The smallest absolute Gasteiger partial charge is 0.319 e. The number of urea groups is 1. The third-order valence-electron chi connectivity index (χ3n) is 7.81. The molecule has 36 heavy (non-hydrogen) atoms. The Labute approximate surface area is 211 Å². The van der Waals surface area contributed by atoms with E-state index in [1.807, 2.05) is 0 Å². The minimum Gasteiger partial charge on any atom is -0.369 e. The molecular weight excluding hydrogens is 457 g/mol. The highest BCUT2D eigenvalue weighted by atomic mass is 19.1. The Kier molecular flexibility index (Phi) is 6.96. The number of nitrogens with zero attached hydrogens (tertiary/aromatic N) is 3. The first-order valence-corrected chi connectivity index (χ1v) is 12.7. The molecule has 2 heterocycles. The zero-order valence-electron chi connectivity index (χ0n) is 20.9. The normalized spacial score (nSPS) is 21.6. The summed E-state index contributed by atoms with van der Waals surface area (Å²) in [7, 11) is 0. The third-order valence-corrected chi connectivity index (χ3v) is 7.81. The molecule has 190 valence electrons. The van der Waals surface area contributed by atoms with Crippen molar-refractivity contribution >= 4 is 17.4 Å². The number of anilines is 2. The summed E-state index contributed by atoms with van der Waals surface area (Å²) >= 11 is 0. The molecule has 2 atom stereocenters. The second kappa shape index (κ2) is 10.3. The van der Waals surface area contributed by atoms with E-state index >= 15 is 0 Å². The van der Waals surface area contributed by atoms with E-state index in [-0.39, 0.29) is 23.3 Å². The number of hydrogen-bond donors (Lipinski definition) is 2. The fraction of sp³-hybridized carbons (Fsp3) is 0.429. The maximum Gasteiger partial charge on any atom is 0.319 e. The second-order valence-electron chi connectivity index (χ2n) is 10.5. The first kappa shape index (κ1) is 24.3. The summed E-state index contributed by atoms with van der Waals surface area (Å²) in [6, 6.07) is 18.2. The molecule has 0 radical (unpaired) electrons. The van der Waals surface area contributed by atoms with E-state index in [2.05, 4.69) is 75.8 Å². The van der Waals surface area contributed by atoms with Gasteiger partial charge in [0.15, 0.2) is 5.76 Å². The summed E-state index contributed by atoms with van der Waals surface area (Å²) in [4.78, 5) is 17.2. The lowest BCUT2D eigenvalue weighted by Gasteiger charge is -2.52. The molecule has 2 aromatic carbocycles. The van der Waals surface area contributed by atoms with Crippen LogP contribution in [-0.4, -0.2) is 48.3 Å². The summed E-state index contributed by atoms with van der Waals surface area (Å²) < 4.78 is 18.7. The van der Waals surface area contributed by atoms with Gasteiger partial charge in [0.05, 0.1) is 12.2 Å². The molecule has 7 nitrogen and oxygen atoms in total. The molecule has 1 aliphatic heterocycles. The molecule has 2 fully saturated rings. The summed E-state index contributed by atoms with van der Waals surface area (Å²) in [6.07, 6.45) is 1.71. The van der Waals surface area contributed by atoms with E-state index in [1.54, 1.807) is 12.1 Å². The van der Waals surface area contributed by atoms with Crippen LogP contribution in [0.5, 0.6) is 0 Å². The van der Waals surface area contributed by atoms with Gasteiger partial charge in [-0.25, -0.2) is 9.18 Å². The van der Waals surface area contributed by atoms with Crippen LogP contribution in [0.25, 0.3) is 0 Å². The zero-order chi connectivity index (χ0) is 25.1. The van der Waals surface area contributed by atoms with Gasteiger partial charge in [0, 0.05) is 49.7 Å². The van der Waals surface area contributed by atoms with Gasteiger partial charge in [-0.15, -0.1) is 0 Å². The number of piperazine rings is 1. The molecule has 2 aliphatic rings. The number of rotatable bonds is 7. The predicted molar refractivity (Wildman–Crippen MR) is 138 cm³/mol. The summed E-state index contributed by atoms with van der Waals surface area (Å²) in [5.74, 6) is 0.982. The number of carbonyl (C=O) groups excluding carboxylic acids is 1. The van der Waals surface area contributed by atoms with Crippen LogP contribution in [0.4, 0.5) is 20.6 Å². The van der Waals surface area contributed by atoms with Crippen molar-refractivity contribution in [2.24, 2.45) is 11.3 Å². The number of para-hydroxylation sites is 1. The highest BCUT2D eigenvalue weighted by Crippen LogP contribution is 2.47. The van der Waals surface area contributed by atoms with Crippen molar-refractivity contribution in [2.45, 2.75) is 39.3 Å². The third kappa shape index (κ3) is 5.54. The van der Waals surface area contributed by atoms with Crippen molar-refractivity contribution in [3.63, 3.8) is 0 Å². The quantitative estimate of drug-likeness (QED) is 0.491. The minimum absolute atomic E-state index is 0.0625. The number of carbonyl (C=O) groups is 1. The molecule has 1 aromatic heterocycles. The Morgan fingerprint density at radius 2 is 1.81 bits per heavy atom. The summed E-state index contributed by atoms with van der Waals surface area (Å²) in [5, 5.41) is 10.2. The highest BCUT2D eigenvalue weighted by Gasteiger charge is 2.48. The van der Waals surface area contributed by atoms with Gasteiger partial charge in [-0.2, -0.15) is 0 Å². The molecule has 0 bridgehead atoms. The van der Waals surface area contributed by atoms with Gasteiger partial charge in [0.1, 0.15) is 5.82 Å². The van der Waals surface area contributed by atoms with E-state index in [9.17, 15) is 9.18 Å². The molecule has 5 rings (SSSR count). The molecular formula is C28H34FN5O2. The van der Waals surface area contributed by atoms with E-state index in [1.165, 1.54) is 17.8 Å². The Hall–Kier alpha value is -3.39. The van der Waals surface area contributed by atoms with Gasteiger partial charge < -0.3 is 20.1 Å². The van der Waals surface area contributed by atoms with Crippen LogP contribution in [-0.2, 0) is 13.0 Å². The van der Waals surface area contributed by atoms with Gasteiger partial charge in [0.2, 0.25) is 0 Å². The van der Waals surface area contributed by atoms with Crippen LogP contribution < -0.4 is 15.5 Å². The van der Waals surface area contributed by atoms with Crippen LogP contribution in [0, 0.1) is 17.2 Å². The van der Waals surface area contributed by atoms with Gasteiger partial charge in [-0.1, -0.05) is 37.2 Å². The molecule has 3 aromatic rings. The van der Waals surface area contributed by atoms with Crippen LogP contribution >= 0.6 is 0 Å². The number of halogens is 1. The SMILES string of the molecule is CC1(C)[C@H](Cc2cc(CN3CCN(c4ccccc4)CC3)on2)C[C@@H]1NC(=O)Nc1ccc(F)cc1. The Morgan fingerprint density at radius 3 is 2.50 bits per heavy atom. The topological polar surface area (TPSA) is 73.6 Å². The Morgan fingerprint density at radius 1 is 1.08 bits per heavy atom. The number of hydrogen-bond acceptors (Lipinski definition) is 5. The van der Waals surface area contributed by atoms with Crippen LogP contribution in [0.1, 0.15) is 31.7 Å². The lowest BCUT2D eigenvalue weighted by atomic mass is 9.57. The first-order chi connectivity index (χ1) is 17.4. The standard InChI is InChI=1S/C28H34FN5O2/c1-28(2)20(17-26(28)31-27(35)30-22-10-8-21(29)9-11-22)16-23-18-25(36-32-23)19-33-12-14-34(15-13-33)24-6-4-3-5-7-24/h3-11,18,20,26H,12-17,19H2,1-2H3,(H2,30,31,35)/t20-,26+/m1/s1. The van der Waals surface area contributed by atoms with Gasteiger partial charge >= 0.3 is 6.03 Å². The van der Waals surface area contributed by atoms with E-state index in [0.717, 1.165) is 57.0 Å². The summed E-state index contributed by atoms with van der Waals surface area (Å²) in [5.41, 5.74) is 2.76. The maximum absolute atomic E-state index is 13.1. The number of aromatic nitrogens is 1. The Bertz CT molecular complexity index is 1160. The van der Waals surface area contributed by atoms with Crippen LogP contribution in [0.15, 0.2) is 65.2 Å².